The minimum Gasteiger partial charge on any atom is -0.478 e. The van der Waals surface area contributed by atoms with Crippen molar-refractivity contribution in [1.29, 1.82) is 0 Å². The Morgan fingerprint density at radius 2 is 2.11 bits per heavy atom. The molecule has 2 heterocycles. The van der Waals surface area contributed by atoms with Crippen LogP contribution >= 0.6 is 0 Å². The highest BCUT2D eigenvalue weighted by Gasteiger charge is 2.19. The number of aromatic carboxylic acids is 1. The largest absolute Gasteiger partial charge is 0.478 e. The molecule has 0 bridgehead atoms. The molecule has 0 saturated heterocycles. The maximum Gasteiger partial charge on any atom is 0.335 e. The van der Waals surface area contributed by atoms with E-state index < -0.39 is 5.97 Å². The third kappa shape index (κ3) is 2.23. The van der Waals surface area contributed by atoms with Gasteiger partial charge in [0, 0.05) is 18.5 Å². The van der Waals surface area contributed by atoms with Gasteiger partial charge in [0.25, 0.3) is 0 Å². The predicted octanol–water partition coefficient (Wildman–Crippen LogP) is 2.23. The summed E-state index contributed by atoms with van der Waals surface area (Å²) in [6.45, 7) is 3.13. The molecule has 19 heavy (non-hydrogen) atoms. The number of carbonyl (C=O) groups is 1. The van der Waals surface area contributed by atoms with E-state index in [9.17, 15) is 4.79 Å². The molecule has 0 saturated carbocycles. The van der Waals surface area contributed by atoms with E-state index >= 15 is 0 Å². The predicted molar refractivity (Wildman–Crippen MR) is 69.9 cm³/mol. The summed E-state index contributed by atoms with van der Waals surface area (Å²) >= 11 is 0. The Morgan fingerprint density at radius 3 is 2.79 bits per heavy atom. The van der Waals surface area contributed by atoms with E-state index in [1.54, 1.807) is 24.3 Å². The Bertz CT molecular complexity index is 616. The number of aryl methyl sites for hydroxylation is 1. The van der Waals surface area contributed by atoms with Gasteiger partial charge in [-0.25, -0.2) is 14.5 Å². The van der Waals surface area contributed by atoms with Crippen LogP contribution in [0.3, 0.4) is 0 Å². The fourth-order valence-corrected chi connectivity index (χ4v) is 2.35. The van der Waals surface area contributed by atoms with Crippen molar-refractivity contribution >= 4 is 5.97 Å². The van der Waals surface area contributed by atoms with Gasteiger partial charge in [0.1, 0.15) is 5.82 Å². The number of nitrogens with zero attached hydrogens (tertiary/aromatic N) is 3. The molecule has 3 rings (SSSR count). The summed E-state index contributed by atoms with van der Waals surface area (Å²) in [5, 5.41) is 13.4. The highest BCUT2D eigenvalue weighted by Crippen LogP contribution is 2.22. The molecule has 5 nitrogen and oxygen atoms in total. The zero-order chi connectivity index (χ0) is 13.4. The second-order valence-electron chi connectivity index (χ2n) is 5.06. The summed E-state index contributed by atoms with van der Waals surface area (Å²) in [6, 6.07) is 6.68. The Hall–Kier alpha value is -2.17. The second-order valence-corrected chi connectivity index (χ2v) is 5.06. The van der Waals surface area contributed by atoms with Crippen LogP contribution in [0.1, 0.15) is 29.5 Å². The van der Waals surface area contributed by atoms with Crippen molar-refractivity contribution in [2.75, 3.05) is 0 Å². The minimum atomic E-state index is -0.919. The maximum absolute atomic E-state index is 10.8. The van der Waals surface area contributed by atoms with Crippen LogP contribution < -0.4 is 0 Å². The molecule has 1 unspecified atom stereocenters. The van der Waals surface area contributed by atoms with Gasteiger partial charge >= 0.3 is 5.97 Å². The molecule has 1 aromatic heterocycles. The van der Waals surface area contributed by atoms with E-state index in [1.165, 1.54) is 0 Å². The first-order valence-corrected chi connectivity index (χ1v) is 6.41. The van der Waals surface area contributed by atoms with Crippen molar-refractivity contribution in [3.8, 4) is 11.4 Å². The van der Waals surface area contributed by atoms with Gasteiger partial charge < -0.3 is 5.11 Å². The van der Waals surface area contributed by atoms with Crippen molar-refractivity contribution in [1.82, 2.24) is 14.8 Å². The molecule has 1 aliphatic heterocycles. The minimum absolute atomic E-state index is 0.279. The van der Waals surface area contributed by atoms with E-state index in [1.807, 2.05) is 4.68 Å². The van der Waals surface area contributed by atoms with E-state index in [-0.39, 0.29) is 5.56 Å². The first-order valence-electron chi connectivity index (χ1n) is 6.41. The molecular weight excluding hydrogens is 242 g/mol. The normalized spacial score (nSPS) is 18.1. The average Bonchev–Trinajstić information content (AvgIpc) is 2.81. The molecule has 1 atom stereocenters. The molecule has 0 radical (unpaired) electrons. The number of fused-ring (bicyclic) bond motifs is 1. The first kappa shape index (κ1) is 11.9. The zero-order valence-electron chi connectivity index (χ0n) is 10.7. The molecule has 98 valence electrons. The summed E-state index contributed by atoms with van der Waals surface area (Å²) < 4.78 is 1.97. The second kappa shape index (κ2) is 4.50. The van der Waals surface area contributed by atoms with Gasteiger partial charge in [0.15, 0.2) is 5.82 Å². The number of rotatable bonds is 2. The number of carboxylic acid groups (broad SMARTS) is 1. The highest BCUT2D eigenvalue weighted by atomic mass is 16.4. The fourth-order valence-electron chi connectivity index (χ4n) is 2.35. The van der Waals surface area contributed by atoms with Crippen LogP contribution in [0.5, 0.6) is 0 Å². The Kier molecular flexibility index (Phi) is 2.81. The van der Waals surface area contributed by atoms with Crippen molar-refractivity contribution in [2.24, 2.45) is 5.92 Å². The topological polar surface area (TPSA) is 68.0 Å². The Balaban J connectivity index is 1.92. The lowest BCUT2D eigenvalue weighted by atomic mass is 10.0. The first-order chi connectivity index (χ1) is 9.13. The van der Waals surface area contributed by atoms with E-state index in [4.69, 9.17) is 5.11 Å². The van der Waals surface area contributed by atoms with Crippen molar-refractivity contribution in [3.05, 3.63) is 35.7 Å². The molecule has 0 spiro atoms. The molecule has 1 aromatic carbocycles. The van der Waals surface area contributed by atoms with Gasteiger partial charge in [-0.15, -0.1) is 0 Å². The summed E-state index contributed by atoms with van der Waals surface area (Å²) in [4.78, 5) is 15.3. The molecule has 0 fully saturated rings. The van der Waals surface area contributed by atoms with Gasteiger partial charge in [-0.05, 0) is 24.5 Å². The van der Waals surface area contributed by atoms with Crippen LogP contribution in [0.25, 0.3) is 11.4 Å². The van der Waals surface area contributed by atoms with E-state index in [0.29, 0.717) is 11.7 Å². The Morgan fingerprint density at radius 1 is 1.37 bits per heavy atom. The summed E-state index contributed by atoms with van der Waals surface area (Å²) in [5.74, 6) is 1.42. The molecule has 1 aliphatic rings. The van der Waals surface area contributed by atoms with Crippen LogP contribution in [0, 0.1) is 5.92 Å². The number of hydrogen-bond acceptors (Lipinski definition) is 3. The van der Waals surface area contributed by atoms with Crippen LogP contribution in [0.15, 0.2) is 24.3 Å². The van der Waals surface area contributed by atoms with Crippen molar-refractivity contribution in [3.63, 3.8) is 0 Å². The SMILES string of the molecule is CC1CCc2nc(-c3ccc(C(=O)O)cc3)nn2C1. The van der Waals surface area contributed by atoms with Crippen molar-refractivity contribution in [2.45, 2.75) is 26.3 Å². The fraction of sp³-hybridized carbons (Fsp3) is 0.357. The van der Waals surface area contributed by atoms with Gasteiger partial charge in [-0.3, -0.25) is 0 Å². The monoisotopic (exact) mass is 257 g/mol. The standard InChI is InChI=1S/C14H15N3O2/c1-9-2-7-12-15-13(16-17(12)8-9)10-3-5-11(6-4-10)14(18)19/h3-6,9H,2,7-8H2,1H3,(H,18,19). The van der Waals surface area contributed by atoms with Gasteiger partial charge in [0.2, 0.25) is 0 Å². The van der Waals surface area contributed by atoms with Crippen molar-refractivity contribution < 1.29 is 9.90 Å². The summed E-state index contributed by atoms with van der Waals surface area (Å²) in [7, 11) is 0. The molecule has 0 amide bonds. The van der Waals surface area contributed by atoms with Gasteiger partial charge in [-0.1, -0.05) is 19.1 Å². The quantitative estimate of drug-likeness (QED) is 0.895. The number of carboxylic acids is 1. The average molecular weight is 257 g/mol. The number of benzene rings is 1. The smallest absolute Gasteiger partial charge is 0.335 e. The van der Waals surface area contributed by atoms with Crippen LogP contribution in [0.4, 0.5) is 0 Å². The van der Waals surface area contributed by atoms with Crippen LogP contribution in [0.2, 0.25) is 0 Å². The molecule has 0 aliphatic carbocycles. The lowest BCUT2D eigenvalue weighted by Crippen LogP contribution is -2.18. The van der Waals surface area contributed by atoms with Crippen LogP contribution in [-0.4, -0.2) is 25.8 Å². The molecule has 1 N–H and O–H groups in total. The number of aromatic nitrogens is 3. The lowest BCUT2D eigenvalue weighted by Gasteiger charge is -2.17. The summed E-state index contributed by atoms with van der Waals surface area (Å²) in [5.41, 5.74) is 1.14. The summed E-state index contributed by atoms with van der Waals surface area (Å²) in [6.07, 6.45) is 2.11. The van der Waals surface area contributed by atoms with Crippen LogP contribution in [-0.2, 0) is 13.0 Å². The van der Waals surface area contributed by atoms with Gasteiger partial charge in [0.05, 0.1) is 5.56 Å². The highest BCUT2D eigenvalue weighted by molar-refractivity contribution is 5.88. The maximum atomic E-state index is 10.8. The molecular formula is C14H15N3O2. The Labute approximate surface area is 110 Å². The third-order valence-corrected chi connectivity index (χ3v) is 3.48. The zero-order valence-corrected chi connectivity index (χ0v) is 10.7. The third-order valence-electron chi connectivity index (χ3n) is 3.48. The lowest BCUT2D eigenvalue weighted by molar-refractivity contribution is 0.0697. The molecule has 2 aromatic rings. The number of hydrogen-bond donors (Lipinski definition) is 1. The van der Waals surface area contributed by atoms with E-state index in [0.717, 1.165) is 30.8 Å². The molecule has 5 heteroatoms. The van der Waals surface area contributed by atoms with E-state index in [2.05, 4.69) is 17.0 Å². The van der Waals surface area contributed by atoms with Gasteiger partial charge in [-0.2, -0.15) is 5.10 Å².